The van der Waals surface area contributed by atoms with Gasteiger partial charge in [0.2, 0.25) is 5.82 Å². The Balaban J connectivity index is 2.29. The zero-order valence-electron chi connectivity index (χ0n) is 10.2. The first-order valence-electron chi connectivity index (χ1n) is 5.66. The summed E-state index contributed by atoms with van der Waals surface area (Å²) in [5, 5.41) is 0. The molecule has 2 rings (SSSR count). The first kappa shape index (κ1) is 14.0. The van der Waals surface area contributed by atoms with E-state index in [9.17, 15) is 8.78 Å². The van der Waals surface area contributed by atoms with Crippen molar-refractivity contribution in [3.05, 3.63) is 58.1 Å². The van der Waals surface area contributed by atoms with Gasteiger partial charge in [-0.05, 0) is 36.8 Å². The lowest BCUT2D eigenvalue weighted by Gasteiger charge is -2.11. The van der Waals surface area contributed by atoms with E-state index in [0.717, 1.165) is 16.1 Å². The van der Waals surface area contributed by atoms with Crippen molar-refractivity contribution in [3.8, 4) is 11.5 Å². The van der Waals surface area contributed by atoms with E-state index >= 15 is 0 Å². The average Bonchev–Trinajstić information content (AvgIpc) is 2.34. The van der Waals surface area contributed by atoms with Gasteiger partial charge in [0.25, 0.3) is 0 Å². The lowest BCUT2D eigenvalue weighted by atomic mass is 10.1. The van der Waals surface area contributed by atoms with Gasteiger partial charge < -0.3 is 10.5 Å². The van der Waals surface area contributed by atoms with Gasteiger partial charge in [0.15, 0.2) is 11.6 Å². The van der Waals surface area contributed by atoms with Crippen LogP contribution >= 0.6 is 15.9 Å². The van der Waals surface area contributed by atoms with Gasteiger partial charge in [-0.1, -0.05) is 28.1 Å². The van der Waals surface area contributed by atoms with E-state index in [1.54, 1.807) is 18.2 Å². The van der Waals surface area contributed by atoms with Crippen LogP contribution in [0.15, 0.2) is 40.9 Å². The van der Waals surface area contributed by atoms with E-state index < -0.39 is 11.6 Å². The summed E-state index contributed by atoms with van der Waals surface area (Å²) in [5.74, 6) is -1.69. The fourth-order valence-electron chi connectivity index (χ4n) is 1.63. The molecular weight excluding hydrogens is 316 g/mol. The van der Waals surface area contributed by atoms with Gasteiger partial charge in [0.05, 0.1) is 0 Å². The minimum Gasteiger partial charge on any atom is -0.454 e. The van der Waals surface area contributed by atoms with E-state index in [1.165, 1.54) is 12.1 Å². The van der Waals surface area contributed by atoms with Crippen LogP contribution in [0.2, 0.25) is 0 Å². The third-order valence-electron chi connectivity index (χ3n) is 2.61. The molecule has 2 aromatic carbocycles. The number of benzene rings is 2. The van der Waals surface area contributed by atoms with Gasteiger partial charge in [0.1, 0.15) is 5.75 Å². The Morgan fingerprint density at radius 3 is 2.58 bits per heavy atom. The molecule has 0 fully saturated rings. The Labute approximate surface area is 118 Å². The Kier molecular flexibility index (Phi) is 4.17. The van der Waals surface area contributed by atoms with E-state index in [4.69, 9.17) is 10.5 Å². The first-order chi connectivity index (χ1) is 8.99. The summed E-state index contributed by atoms with van der Waals surface area (Å²) in [5.41, 5.74) is 6.69. The normalized spacial score (nSPS) is 12.3. The summed E-state index contributed by atoms with van der Waals surface area (Å²) < 4.78 is 32.6. The van der Waals surface area contributed by atoms with Crippen LogP contribution in [0.25, 0.3) is 0 Å². The molecule has 5 heteroatoms. The molecule has 1 atom stereocenters. The molecule has 0 aliphatic rings. The summed E-state index contributed by atoms with van der Waals surface area (Å²) in [7, 11) is 0. The minimum absolute atomic E-state index is 0.130. The van der Waals surface area contributed by atoms with Crippen molar-refractivity contribution in [2.24, 2.45) is 5.73 Å². The predicted octanol–water partition coefficient (Wildman–Crippen LogP) is 4.54. The Morgan fingerprint density at radius 2 is 1.95 bits per heavy atom. The zero-order chi connectivity index (χ0) is 14.0. The van der Waals surface area contributed by atoms with Gasteiger partial charge in [-0.3, -0.25) is 0 Å². The smallest absolute Gasteiger partial charge is 0.201 e. The molecule has 0 heterocycles. The summed E-state index contributed by atoms with van der Waals surface area (Å²) >= 11 is 3.37. The number of ether oxygens (including phenoxy) is 1. The molecule has 19 heavy (non-hydrogen) atoms. The van der Waals surface area contributed by atoms with Crippen molar-refractivity contribution in [2.45, 2.75) is 13.0 Å². The fraction of sp³-hybridized carbons (Fsp3) is 0.143. The molecule has 0 aliphatic carbocycles. The van der Waals surface area contributed by atoms with Crippen LogP contribution < -0.4 is 10.5 Å². The maximum Gasteiger partial charge on any atom is 0.201 e. The number of halogens is 3. The summed E-state index contributed by atoms with van der Waals surface area (Å²) in [6, 6.07) is 8.77. The molecule has 0 aliphatic heterocycles. The quantitative estimate of drug-likeness (QED) is 0.898. The molecule has 0 saturated heterocycles. The van der Waals surface area contributed by atoms with Crippen LogP contribution in [-0.4, -0.2) is 0 Å². The second-order valence-corrected chi connectivity index (χ2v) is 4.98. The molecule has 0 spiro atoms. The van der Waals surface area contributed by atoms with Gasteiger partial charge in [0, 0.05) is 10.5 Å². The van der Waals surface area contributed by atoms with Crippen molar-refractivity contribution >= 4 is 15.9 Å². The standard InChI is InChI=1S/C14H12BrF2NO/c1-8(18)10-6-5-9(7-11(10)15)19-13-4-2-3-12(16)14(13)17/h2-8H,18H2,1H3/t8-/m1/s1. The third-order valence-corrected chi connectivity index (χ3v) is 3.29. The van der Waals surface area contributed by atoms with Crippen molar-refractivity contribution < 1.29 is 13.5 Å². The highest BCUT2D eigenvalue weighted by Crippen LogP contribution is 2.31. The lowest BCUT2D eigenvalue weighted by Crippen LogP contribution is -2.05. The lowest BCUT2D eigenvalue weighted by molar-refractivity contribution is 0.416. The topological polar surface area (TPSA) is 35.2 Å². The second-order valence-electron chi connectivity index (χ2n) is 4.13. The monoisotopic (exact) mass is 327 g/mol. The molecule has 0 aromatic heterocycles. The Bertz CT molecular complexity index is 602. The fourth-order valence-corrected chi connectivity index (χ4v) is 2.35. The van der Waals surface area contributed by atoms with Crippen molar-refractivity contribution in [3.63, 3.8) is 0 Å². The summed E-state index contributed by atoms with van der Waals surface area (Å²) in [6.45, 7) is 1.85. The Morgan fingerprint density at radius 1 is 1.21 bits per heavy atom. The number of rotatable bonds is 3. The highest BCUT2D eigenvalue weighted by Gasteiger charge is 2.11. The highest BCUT2D eigenvalue weighted by atomic mass is 79.9. The first-order valence-corrected chi connectivity index (χ1v) is 6.45. The SMILES string of the molecule is C[C@@H](N)c1ccc(Oc2cccc(F)c2F)cc1Br. The molecule has 0 amide bonds. The molecule has 2 aromatic rings. The zero-order valence-corrected chi connectivity index (χ0v) is 11.7. The maximum atomic E-state index is 13.5. The van der Waals surface area contributed by atoms with Gasteiger partial charge >= 0.3 is 0 Å². The molecule has 0 saturated carbocycles. The van der Waals surface area contributed by atoms with Crippen LogP contribution in [0, 0.1) is 11.6 Å². The molecule has 0 bridgehead atoms. The average molecular weight is 328 g/mol. The number of hydrogen-bond donors (Lipinski definition) is 1. The van der Waals surface area contributed by atoms with Crippen molar-refractivity contribution in [1.82, 2.24) is 0 Å². The van der Waals surface area contributed by atoms with Gasteiger partial charge in [-0.15, -0.1) is 0 Å². The third kappa shape index (κ3) is 3.11. The predicted molar refractivity (Wildman–Crippen MR) is 73.2 cm³/mol. The number of hydrogen-bond acceptors (Lipinski definition) is 2. The van der Waals surface area contributed by atoms with Crippen molar-refractivity contribution in [1.29, 1.82) is 0 Å². The molecule has 2 nitrogen and oxygen atoms in total. The van der Waals surface area contributed by atoms with E-state index in [2.05, 4.69) is 15.9 Å². The largest absolute Gasteiger partial charge is 0.454 e. The van der Waals surface area contributed by atoms with E-state index in [1.807, 2.05) is 6.92 Å². The molecular formula is C14H12BrF2NO. The summed E-state index contributed by atoms with van der Waals surface area (Å²) in [6.07, 6.45) is 0. The van der Waals surface area contributed by atoms with E-state index in [-0.39, 0.29) is 11.8 Å². The van der Waals surface area contributed by atoms with Crippen LogP contribution in [0.4, 0.5) is 8.78 Å². The van der Waals surface area contributed by atoms with Crippen molar-refractivity contribution in [2.75, 3.05) is 0 Å². The second kappa shape index (κ2) is 5.67. The number of nitrogens with two attached hydrogens (primary N) is 1. The van der Waals surface area contributed by atoms with Crippen LogP contribution in [0.1, 0.15) is 18.5 Å². The highest BCUT2D eigenvalue weighted by molar-refractivity contribution is 9.10. The minimum atomic E-state index is -1.00. The molecule has 100 valence electrons. The van der Waals surface area contributed by atoms with Crippen LogP contribution in [-0.2, 0) is 0 Å². The van der Waals surface area contributed by atoms with Gasteiger partial charge in [-0.25, -0.2) is 4.39 Å². The summed E-state index contributed by atoms with van der Waals surface area (Å²) in [4.78, 5) is 0. The Hall–Kier alpha value is -1.46. The molecule has 0 radical (unpaired) electrons. The van der Waals surface area contributed by atoms with E-state index in [0.29, 0.717) is 5.75 Å². The van der Waals surface area contributed by atoms with Crippen LogP contribution in [0.3, 0.4) is 0 Å². The van der Waals surface area contributed by atoms with Crippen LogP contribution in [0.5, 0.6) is 11.5 Å². The molecule has 2 N–H and O–H groups in total. The maximum absolute atomic E-state index is 13.5. The molecule has 0 unspecified atom stereocenters. The van der Waals surface area contributed by atoms with Gasteiger partial charge in [-0.2, -0.15) is 4.39 Å².